The number of benzene rings is 1. The Kier molecular flexibility index (Phi) is 4.27. The lowest BCUT2D eigenvalue weighted by atomic mass is 10.0. The Labute approximate surface area is 121 Å². The average molecular weight is 324 g/mol. The van der Waals surface area contributed by atoms with Crippen LogP contribution in [0.1, 0.15) is 11.3 Å². The first-order valence-electron chi connectivity index (χ1n) is 6.15. The van der Waals surface area contributed by atoms with Gasteiger partial charge in [-0.05, 0) is 37.2 Å². The summed E-state index contributed by atoms with van der Waals surface area (Å²) in [6.07, 6.45) is 0.825. The van der Waals surface area contributed by atoms with Crippen LogP contribution in [0.5, 0.6) is 5.75 Å². The van der Waals surface area contributed by atoms with Crippen molar-refractivity contribution in [2.24, 2.45) is 12.8 Å². The number of hydrogen-bond acceptors (Lipinski definition) is 3. The molecule has 0 saturated carbocycles. The van der Waals surface area contributed by atoms with Crippen molar-refractivity contribution in [2.45, 2.75) is 13.3 Å². The van der Waals surface area contributed by atoms with Gasteiger partial charge in [0.1, 0.15) is 5.75 Å². The van der Waals surface area contributed by atoms with Gasteiger partial charge in [-0.15, -0.1) is 0 Å². The third-order valence-corrected chi connectivity index (χ3v) is 3.72. The summed E-state index contributed by atoms with van der Waals surface area (Å²) in [6.45, 7) is 2.70. The van der Waals surface area contributed by atoms with Crippen molar-refractivity contribution in [3.8, 4) is 17.0 Å². The predicted octanol–water partition coefficient (Wildman–Crippen LogP) is 2.67. The van der Waals surface area contributed by atoms with Gasteiger partial charge in [0.2, 0.25) is 0 Å². The Morgan fingerprint density at radius 3 is 2.79 bits per heavy atom. The molecule has 2 N–H and O–H groups in total. The van der Waals surface area contributed by atoms with Gasteiger partial charge in [-0.3, -0.25) is 4.68 Å². The van der Waals surface area contributed by atoms with Gasteiger partial charge in [0.15, 0.2) is 0 Å². The molecule has 19 heavy (non-hydrogen) atoms. The largest absolute Gasteiger partial charge is 0.496 e. The zero-order valence-electron chi connectivity index (χ0n) is 11.4. The number of halogens is 1. The number of nitrogens with two attached hydrogens (primary N) is 1. The molecule has 0 unspecified atom stereocenters. The minimum Gasteiger partial charge on any atom is -0.496 e. The van der Waals surface area contributed by atoms with E-state index in [1.807, 2.05) is 29.9 Å². The number of aryl methyl sites for hydroxylation is 1. The van der Waals surface area contributed by atoms with Crippen molar-refractivity contribution in [1.82, 2.24) is 9.78 Å². The van der Waals surface area contributed by atoms with Gasteiger partial charge >= 0.3 is 0 Å². The second kappa shape index (κ2) is 5.75. The summed E-state index contributed by atoms with van der Waals surface area (Å²) in [7, 11) is 3.62. The van der Waals surface area contributed by atoms with Crippen LogP contribution in [-0.4, -0.2) is 23.4 Å². The van der Waals surface area contributed by atoms with Gasteiger partial charge < -0.3 is 10.5 Å². The maximum Gasteiger partial charge on any atom is 0.128 e. The fourth-order valence-electron chi connectivity index (χ4n) is 2.27. The zero-order valence-corrected chi connectivity index (χ0v) is 13.0. The van der Waals surface area contributed by atoms with E-state index in [0.717, 1.165) is 33.5 Å². The van der Waals surface area contributed by atoms with E-state index in [1.165, 1.54) is 5.69 Å². The maximum absolute atomic E-state index is 5.65. The molecule has 0 spiro atoms. The number of methoxy groups -OCH3 is 1. The van der Waals surface area contributed by atoms with Gasteiger partial charge in [-0.25, -0.2) is 0 Å². The Morgan fingerprint density at radius 1 is 1.42 bits per heavy atom. The smallest absolute Gasteiger partial charge is 0.128 e. The van der Waals surface area contributed by atoms with Gasteiger partial charge in [0, 0.05) is 29.2 Å². The van der Waals surface area contributed by atoms with E-state index in [0.29, 0.717) is 6.54 Å². The number of ether oxygens (including phenoxy) is 1. The van der Waals surface area contributed by atoms with Crippen molar-refractivity contribution in [2.75, 3.05) is 13.7 Å². The van der Waals surface area contributed by atoms with Crippen LogP contribution in [0.25, 0.3) is 11.3 Å². The summed E-state index contributed by atoms with van der Waals surface area (Å²) < 4.78 is 8.33. The van der Waals surface area contributed by atoms with E-state index in [9.17, 15) is 0 Å². The second-order valence-corrected chi connectivity index (χ2v) is 5.34. The van der Waals surface area contributed by atoms with Crippen LogP contribution in [0.3, 0.4) is 0 Å². The third kappa shape index (κ3) is 2.67. The Balaban J connectivity index is 2.59. The molecule has 0 bridgehead atoms. The summed E-state index contributed by atoms with van der Waals surface area (Å²) in [5.74, 6) is 0.823. The fourth-order valence-corrected chi connectivity index (χ4v) is 2.63. The van der Waals surface area contributed by atoms with Crippen LogP contribution in [-0.2, 0) is 13.5 Å². The molecule has 5 heteroatoms. The van der Waals surface area contributed by atoms with Crippen LogP contribution in [0, 0.1) is 6.92 Å². The SMILES string of the molecule is COc1ccc(Br)cc1-c1nn(C)c(CCN)c1C. The summed E-state index contributed by atoms with van der Waals surface area (Å²) in [5.41, 5.74) is 9.92. The monoisotopic (exact) mass is 323 g/mol. The highest BCUT2D eigenvalue weighted by Crippen LogP contribution is 2.34. The molecule has 0 saturated heterocycles. The summed E-state index contributed by atoms with van der Waals surface area (Å²) >= 11 is 3.49. The summed E-state index contributed by atoms with van der Waals surface area (Å²) in [5, 5.41) is 4.61. The molecule has 0 atom stereocenters. The third-order valence-electron chi connectivity index (χ3n) is 3.23. The van der Waals surface area contributed by atoms with Gasteiger partial charge in [0.05, 0.1) is 12.8 Å². The zero-order chi connectivity index (χ0) is 14.0. The van der Waals surface area contributed by atoms with E-state index < -0.39 is 0 Å². The molecule has 1 heterocycles. The molecule has 1 aromatic heterocycles. The Bertz CT molecular complexity index is 593. The molecule has 2 aromatic rings. The topological polar surface area (TPSA) is 53.1 Å². The summed E-state index contributed by atoms with van der Waals surface area (Å²) in [4.78, 5) is 0. The minimum absolute atomic E-state index is 0.620. The van der Waals surface area contributed by atoms with E-state index in [1.54, 1.807) is 7.11 Å². The molecular weight excluding hydrogens is 306 g/mol. The van der Waals surface area contributed by atoms with E-state index in [4.69, 9.17) is 10.5 Å². The van der Waals surface area contributed by atoms with E-state index >= 15 is 0 Å². The molecule has 1 aromatic carbocycles. The first-order chi connectivity index (χ1) is 9.08. The predicted molar refractivity (Wildman–Crippen MR) is 80.4 cm³/mol. The molecule has 0 radical (unpaired) electrons. The molecule has 0 aliphatic rings. The molecular formula is C14H18BrN3O. The van der Waals surface area contributed by atoms with Gasteiger partial charge in [-0.1, -0.05) is 15.9 Å². The van der Waals surface area contributed by atoms with Gasteiger partial charge in [0.25, 0.3) is 0 Å². The normalized spacial score (nSPS) is 10.8. The molecule has 0 aliphatic carbocycles. The first kappa shape index (κ1) is 14.1. The number of rotatable bonds is 4. The first-order valence-corrected chi connectivity index (χ1v) is 6.94. The van der Waals surface area contributed by atoms with E-state index in [2.05, 4.69) is 28.0 Å². The van der Waals surface area contributed by atoms with Gasteiger partial charge in [-0.2, -0.15) is 5.10 Å². The standard InChI is InChI=1S/C14H18BrN3O/c1-9-12(6-7-16)18(2)17-14(9)11-8-10(15)4-5-13(11)19-3/h4-5,8H,6-7,16H2,1-3H3. The van der Waals surface area contributed by atoms with Crippen LogP contribution in [0.15, 0.2) is 22.7 Å². The number of nitrogens with zero attached hydrogens (tertiary/aromatic N) is 2. The van der Waals surface area contributed by atoms with Crippen molar-refractivity contribution < 1.29 is 4.74 Å². The number of aromatic nitrogens is 2. The molecule has 0 fully saturated rings. The number of hydrogen-bond donors (Lipinski definition) is 1. The minimum atomic E-state index is 0.620. The van der Waals surface area contributed by atoms with Crippen LogP contribution < -0.4 is 10.5 Å². The average Bonchev–Trinajstić information content (AvgIpc) is 2.67. The molecule has 2 rings (SSSR count). The van der Waals surface area contributed by atoms with Crippen molar-refractivity contribution in [1.29, 1.82) is 0 Å². The Hall–Kier alpha value is -1.33. The van der Waals surface area contributed by atoms with E-state index in [-0.39, 0.29) is 0 Å². The highest BCUT2D eigenvalue weighted by Gasteiger charge is 2.16. The molecule has 102 valence electrons. The Morgan fingerprint density at radius 2 is 2.16 bits per heavy atom. The lowest BCUT2D eigenvalue weighted by Gasteiger charge is -2.07. The fraction of sp³-hybridized carbons (Fsp3) is 0.357. The van der Waals surface area contributed by atoms with Crippen molar-refractivity contribution in [3.05, 3.63) is 33.9 Å². The van der Waals surface area contributed by atoms with Crippen molar-refractivity contribution in [3.63, 3.8) is 0 Å². The summed E-state index contributed by atoms with van der Waals surface area (Å²) in [6, 6.07) is 5.93. The molecule has 0 amide bonds. The van der Waals surface area contributed by atoms with Crippen molar-refractivity contribution >= 4 is 15.9 Å². The molecule has 4 nitrogen and oxygen atoms in total. The lowest BCUT2D eigenvalue weighted by molar-refractivity contribution is 0.416. The second-order valence-electron chi connectivity index (χ2n) is 4.43. The van der Waals surface area contributed by atoms with Crippen LogP contribution >= 0.6 is 15.9 Å². The lowest BCUT2D eigenvalue weighted by Crippen LogP contribution is -2.08. The highest BCUT2D eigenvalue weighted by atomic mass is 79.9. The highest BCUT2D eigenvalue weighted by molar-refractivity contribution is 9.10. The molecule has 0 aliphatic heterocycles. The quantitative estimate of drug-likeness (QED) is 0.941. The maximum atomic E-state index is 5.65. The van der Waals surface area contributed by atoms with Crippen LogP contribution in [0.4, 0.5) is 0 Å². The van der Waals surface area contributed by atoms with Crippen LogP contribution in [0.2, 0.25) is 0 Å².